The molecule has 1 heterocycles. The first kappa shape index (κ1) is 27.8. The van der Waals surface area contributed by atoms with Crippen molar-refractivity contribution in [1.82, 2.24) is 9.80 Å². The van der Waals surface area contributed by atoms with Gasteiger partial charge in [-0.05, 0) is 69.4 Å². The van der Waals surface area contributed by atoms with E-state index in [0.717, 1.165) is 6.42 Å². The van der Waals surface area contributed by atoms with Crippen LogP contribution in [0.1, 0.15) is 46.8 Å². The van der Waals surface area contributed by atoms with Gasteiger partial charge in [-0.3, -0.25) is 33.8 Å². The zero-order valence-electron chi connectivity index (χ0n) is 21.7. The number of likely N-dealkylation sites (tertiary alicyclic amines) is 1. The first-order valence-electron chi connectivity index (χ1n) is 13.0. The average molecular weight is 564 g/mol. The van der Waals surface area contributed by atoms with Crippen LogP contribution in [0.25, 0.3) is 0 Å². The summed E-state index contributed by atoms with van der Waals surface area (Å²) in [4.78, 5) is 69.5. The van der Waals surface area contributed by atoms with Crippen molar-refractivity contribution in [2.24, 2.45) is 29.4 Å². The summed E-state index contributed by atoms with van der Waals surface area (Å²) in [7, 11) is 3.06. The maximum Gasteiger partial charge on any atom is 0.235 e. The Morgan fingerprint density at radius 3 is 2.56 bits per heavy atom. The number of nitrogens with zero attached hydrogens (tertiary/aromatic N) is 2. The second-order valence-corrected chi connectivity index (χ2v) is 11.7. The van der Waals surface area contributed by atoms with Crippen LogP contribution in [-0.2, 0) is 25.6 Å². The minimum Gasteiger partial charge on any atom is -0.507 e. The second-order valence-electron chi connectivity index (χ2n) is 11.3. The predicted molar refractivity (Wildman–Crippen MR) is 136 cm³/mol. The Morgan fingerprint density at radius 1 is 1.26 bits per heavy atom. The third kappa shape index (κ3) is 3.88. The van der Waals surface area contributed by atoms with Crippen molar-refractivity contribution in [2.75, 3.05) is 33.9 Å². The number of alkyl halides is 1. The molecule has 7 atom stereocenters. The Kier molecular flexibility index (Phi) is 6.94. The monoisotopic (exact) mass is 563 g/mol. The molecule has 0 bridgehead atoms. The molecule has 5 rings (SSSR count). The van der Waals surface area contributed by atoms with Crippen LogP contribution in [0.4, 0.5) is 4.39 Å². The number of fused-ring (bicyclic) bond motifs is 3. The molecule has 0 aromatic heterocycles. The first-order valence-corrected chi connectivity index (χ1v) is 13.4. The van der Waals surface area contributed by atoms with Gasteiger partial charge in [-0.25, -0.2) is 4.39 Å². The lowest BCUT2D eigenvalue weighted by Gasteiger charge is -2.52. The molecule has 3 fully saturated rings. The summed E-state index contributed by atoms with van der Waals surface area (Å²) in [6.45, 7) is 0.333. The second kappa shape index (κ2) is 9.72. The molecular weight excluding hydrogens is 533 g/mol. The van der Waals surface area contributed by atoms with E-state index < -0.39 is 71.0 Å². The zero-order chi connectivity index (χ0) is 28.5. The Labute approximate surface area is 229 Å². The van der Waals surface area contributed by atoms with Gasteiger partial charge >= 0.3 is 0 Å². The molecule has 3 aliphatic carbocycles. The van der Waals surface area contributed by atoms with Gasteiger partial charge in [0.25, 0.3) is 0 Å². The highest BCUT2D eigenvalue weighted by Gasteiger charge is 2.69. The molecule has 1 aromatic rings. The molecule has 0 radical (unpaired) electrons. The molecule has 210 valence electrons. The quantitative estimate of drug-likeness (QED) is 0.437. The number of carbonyl (C=O) groups excluding carboxylic acids is 5. The van der Waals surface area contributed by atoms with E-state index in [1.165, 1.54) is 25.1 Å². The number of phenolic OH excluding ortho intramolecular Hbond substituents is 1. The van der Waals surface area contributed by atoms with Crippen molar-refractivity contribution >= 4 is 40.6 Å². The lowest BCUT2D eigenvalue weighted by Crippen LogP contribution is -2.74. The first-order chi connectivity index (χ1) is 18.4. The summed E-state index contributed by atoms with van der Waals surface area (Å²) in [6.07, 6.45) is 1.54. The number of likely N-dealkylation sites (N-methyl/N-ethyl adjacent to an activating group) is 1. The largest absolute Gasteiger partial charge is 0.507 e. The molecule has 7 unspecified atom stereocenters. The molecule has 1 saturated heterocycles. The van der Waals surface area contributed by atoms with Crippen LogP contribution >= 0.6 is 11.6 Å². The summed E-state index contributed by atoms with van der Waals surface area (Å²) >= 11 is 6.84. The van der Waals surface area contributed by atoms with Crippen LogP contribution in [0.15, 0.2) is 6.07 Å². The van der Waals surface area contributed by atoms with E-state index in [0.29, 0.717) is 24.1 Å². The van der Waals surface area contributed by atoms with Crippen molar-refractivity contribution in [1.29, 1.82) is 0 Å². The van der Waals surface area contributed by atoms with E-state index >= 15 is 0 Å². The van der Waals surface area contributed by atoms with Crippen molar-refractivity contribution in [3.8, 4) is 5.75 Å². The number of ketones is 4. The van der Waals surface area contributed by atoms with Gasteiger partial charge in [0, 0.05) is 23.5 Å². The molecule has 2 saturated carbocycles. The van der Waals surface area contributed by atoms with Crippen LogP contribution in [0, 0.1) is 23.7 Å². The Bertz CT molecular complexity index is 1300. The summed E-state index contributed by atoms with van der Waals surface area (Å²) in [6, 6.07) is -0.0384. The normalized spacial score (nSPS) is 34.7. The average Bonchev–Trinajstić information content (AvgIpc) is 3.31. The highest BCUT2D eigenvalue weighted by atomic mass is 35.5. The van der Waals surface area contributed by atoms with E-state index in [1.807, 2.05) is 4.90 Å². The maximum absolute atomic E-state index is 13.8. The van der Waals surface area contributed by atoms with Crippen LogP contribution in [0.5, 0.6) is 5.75 Å². The molecule has 4 N–H and O–H groups in total. The van der Waals surface area contributed by atoms with Gasteiger partial charge < -0.3 is 15.9 Å². The zero-order valence-corrected chi connectivity index (χ0v) is 22.4. The lowest BCUT2D eigenvalue weighted by molar-refractivity contribution is -0.181. The number of primary amides is 1. The minimum absolute atomic E-state index is 0.0530. The number of hydrogen-bond acceptors (Lipinski definition) is 9. The highest BCUT2D eigenvalue weighted by molar-refractivity contribution is 6.35. The Balaban J connectivity index is 1.60. The molecule has 39 heavy (non-hydrogen) atoms. The number of halogens is 2. The summed E-state index contributed by atoms with van der Waals surface area (Å²) < 4.78 is 13.1. The van der Waals surface area contributed by atoms with E-state index in [-0.39, 0.29) is 41.8 Å². The van der Waals surface area contributed by atoms with Gasteiger partial charge in [0.15, 0.2) is 34.7 Å². The predicted octanol–water partition coefficient (Wildman–Crippen LogP) is 0.627. The van der Waals surface area contributed by atoms with E-state index in [1.54, 1.807) is 0 Å². The van der Waals surface area contributed by atoms with E-state index in [9.17, 15) is 38.6 Å². The number of amides is 1. The summed E-state index contributed by atoms with van der Waals surface area (Å²) in [5, 5.41) is 22.8. The maximum atomic E-state index is 13.8. The van der Waals surface area contributed by atoms with Gasteiger partial charge in [-0.2, -0.15) is 0 Å². The molecule has 10 nitrogen and oxygen atoms in total. The standard InChI is InChI=1S/C27H31ClFN3O7/c1-31(2)21-14-9-11-8-13-18(16(33)10-12(20(13)28)15-4-3-6-32(15)7-5-29)22(34)17(11)24(36)27(14,39)25(37)19(23(21)35)26(30)38/h10-11,14-15,17,19,21,33,39H,3-9H2,1-2H3,(H2,30,38). The fourth-order valence-corrected chi connectivity index (χ4v) is 7.82. The SMILES string of the molecule is CN(C)C1C(=O)C(C(N)=O)C(=O)C2(O)C(=O)C3C(=O)c4c(O)cc(C5CCCN5CCF)c(Cl)c4CC3CC12. The minimum atomic E-state index is -2.77. The fraction of sp³-hybridized carbons (Fsp3) is 0.593. The smallest absolute Gasteiger partial charge is 0.235 e. The van der Waals surface area contributed by atoms with Gasteiger partial charge in [0.1, 0.15) is 12.4 Å². The van der Waals surface area contributed by atoms with E-state index in [2.05, 4.69) is 0 Å². The molecule has 1 amide bonds. The molecule has 4 aliphatic rings. The van der Waals surface area contributed by atoms with Crippen LogP contribution in [0.2, 0.25) is 5.02 Å². The fourth-order valence-electron chi connectivity index (χ4n) is 7.47. The number of hydrogen-bond donors (Lipinski definition) is 3. The molecule has 0 spiro atoms. The summed E-state index contributed by atoms with van der Waals surface area (Å²) in [5.74, 6) is -11.1. The number of phenols is 1. The number of carbonyl (C=O) groups is 5. The number of Topliss-reactive ketones (excluding diaryl/α,β-unsaturated/α-hetero) is 4. The van der Waals surface area contributed by atoms with Crippen LogP contribution < -0.4 is 5.73 Å². The van der Waals surface area contributed by atoms with Crippen molar-refractivity contribution in [3.63, 3.8) is 0 Å². The number of nitrogens with two attached hydrogens (primary N) is 1. The van der Waals surface area contributed by atoms with Crippen molar-refractivity contribution < 1.29 is 38.6 Å². The number of aliphatic hydroxyl groups is 1. The number of aromatic hydroxyl groups is 1. The van der Waals surface area contributed by atoms with E-state index in [4.69, 9.17) is 17.3 Å². The molecular formula is C27H31ClFN3O7. The highest BCUT2D eigenvalue weighted by Crippen LogP contribution is 2.52. The number of rotatable bonds is 5. The van der Waals surface area contributed by atoms with Gasteiger partial charge in [0.2, 0.25) is 5.91 Å². The van der Waals surface area contributed by atoms with Crippen molar-refractivity contribution in [3.05, 3.63) is 27.8 Å². The Morgan fingerprint density at radius 2 is 1.95 bits per heavy atom. The third-order valence-corrected chi connectivity index (χ3v) is 9.56. The molecule has 12 heteroatoms. The summed E-state index contributed by atoms with van der Waals surface area (Å²) in [5.41, 5.74) is 3.34. The molecule has 1 aliphatic heterocycles. The third-order valence-electron chi connectivity index (χ3n) is 9.12. The van der Waals surface area contributed by atoms with Crippen LogP contribution in [-0.4, -0.2) is 94.6 Å². The lowest BCUT2D eigenvalue weighted by atomic mass is 9.52. The Hall–Kier alpha value is -2.73. The van der Waals surface area contributed by atoms with Gasteiger partial charge in [-0.15, -0.1) is 0 Å². The number of benzene rings is 1. The van der Waals surface area contributed by atoms with Gasteiger partial charge in [0.05, 0.1) is 17.5 Å². The molecule has 1 aromatic carbocycles. The van der Waals surface area contributed by atoms with Crippen molar-refractivity contribution in [2.45, 2.75) is 43.4 Å². The van der Waals surface area contributed by atoms with Crippen LogP contribution in [0.3, 0.4) is 0 Å². The topological polar surface area (TPSA) is 158 Å². The van der Waals surface area contributed by atoms with Gasteiger partial charge in [-0.1, -0.05) is 11.6 Å².